The number of nitrogens with zero attached hydrogens (tertiary/aromatic N) is 1. The van der Waals surface area contributed by atoms with Gasteiger partial charge in [0.15, 0.2) is 0 Å². The maximum Gasteiger partial charge on any atom is 0.261 e. The van der Waals surface area contributed by atoms with Crippen molar-refractivity contribution in [2.75, 3.05) is 13.7 Å². The number of nitrogens with two attached hydrogens (primary N) is 1. The molecule has 1 atom stereocenters. The van der Waals surface area contributed by atoms with Crippen molar-refractivity contribution < 1.29 is 25.6 Å². The van der Waals surface area contributed by atoms with Crippen molar-refractivity contribution >= 4 is 11.8 Å². The largest absolute Gasteiger partial charge is 0.400 e. The Balaban J connectivity index is 0.000000927. The topological polar surface area (TPSA) is 104 Å². The molecule has 4 N–H and O–H groups in total. The molecule has 1 aliphatic rings. The molecule has 6 nitrogen and oxygen atoms in total. The zero-order chi connectivity index (χ0) is 22.2. The molecule has 2 aromatic carbocycles. The third kappa shape index (κ3) is 7.73. The first-order chi connectivity index (χ1) is 13.6. The molecule has 2 aromatic rings. The smallest absolute Gasteiger partial charge is 0.261 e. The highest BCUT2D eigenvalue weighted by atomic mass is 19.1. The molecule has 0 saturated heterocycles. The third-order valence-electron chi connectivity index (χ3n) is 3.68. The summed E-state index contributed by atoms with van der Waals surface area (Å²) in [5, 5.41) is 15.5. The highest BCUT2D eigenvalue weighted by molar-refractivity contribution is 6.21. The zero-order valence-corrected chi connectivity index (χ0v) is 17.2. The second-order valence-electron chi connectivity index (χ2n) is 7.53. The minimum atomic E-state index is -0.500. The predicted molar refractivity (Wildman–Crippen MR) is 112 cm³/mol. The minimum absolute atomic E-state index is 0. The van der Waals surface area contributed by atoms with Gasteiger partial charge in [0.25, 0.3) is 11.8 Å². The molecule has 0 aromatic heterocycles. The number of carbonyl (C=O) groups is 2. The summed E-state index contributed by atoms with van der Waals surface area (Å²) >= 11 is 0. The van der Waals surface area contributed by atoms with Gasteiger partial charge in [-0.2, -0.15) is 0 Å². The number of amides is 2. The molecular weight excluding hydrogens is 375 g/mol. The number of hydrogen-bond donors (Lipinski definition) is 3. The van der Waals surface area contributed by atoms with E-state index in [-0.39, 0.29) is 25.6 Å². The van der Waals surface area contributed by atoms with Crippen LogP contribution in [0.2, 0.25) is 0 Å². The van der Waals surface area contributed by atoms with Crippen LogP contribution in [0, 0.1) is 5.82 Å². The van der Waals surface area contributed by atoms with Crippen molar-refractivity contribution in [3.63, 3.8) is 0 Å². The Bertz CT molecular complexity index is 799. The summed E-state index contributed by atoms with van der Waals surface area (Å²) in [5.41, 5.74) is 7.08. The normalized spacial score (nSPS) is 13.7. The molecule has 0 bridgehead atoms. The number of hydrogen-bond acceptors (Lipinski definition) is 5. The first-order valence-corrected chi connectivity index (χ1v) is 9.18. The molecule has 29 heavy (non-hydrogen) atoms. The van der Waals surface area contributed by atoms with Crippen molar-refractivity contribution in [1.29, 1.82) is 0 Å². The lowest BCUT2D eigenvalue weighted by Gasteiger charge is -2.19. The van der Waals surface area contributed by atoms with E-state index in [4.69, 9.17) is 15.9 Å². The standard InChI is InChI=1S/C17H15FN2O2.C4H10O.CH4O.H2/c18-12-5-3-4-11(8-12)9-13(19)10-20-16(21)14-6-1-2-7-15(14)17(20)22;1-4(2,3)5;1-2;/h1-8,13H,9-10,19H2;5H,1-3H3;2H,1H3;1H/t13-;;;/m0.../s1. The van der Waals surface area contributed by atoms with E-state index in [0.717, 1.165) is 17.6 Å². The molecule has 0 aliphatic carbocycles. The van der Waals surface area contributed by atoms with Crippen LogP contribution < -0.4 is 5.73 Å². The van der Waals surface area contributed by atoms with E-state index in [1.54, 1.807) is 57.2 Å². The fourth-order valence-electron chi connectivity index (χ4n) is 2.67. The lowest BCUT2D eigenvalue weighted by molar-refractivity contribution is 0.0644. The lowest BCUT2D eigenvalue weighted by Crippen LogP contribution is -2.41. The molecule has 160 valence electrons. The molecule has 3 rings (SSSR count). The number of aliphatic hydroxyl groups excluding tert-OH is 1. The first kappa shape index (κ1) is 24.4. The Kier molecular flexibility index (Phi) is 9.10. The van der Waals surface area contributed by atoms with E-state index in [1.807, 2.05) is 0 Å². The molecule has 0 spiro atoms. The molecule has 1 heterocycles. The fourth-order valence-corrected chi connectivity index (χ4v) is 2.67. The summed E-state index contributed by atoms with van der Waals surface area (Å²) in [6.07, 6.45) is 0.394. The van der Waals surface area contributed by atoms with Crippen LogP contribution >= 0.6 is 0 Å². The van der Waals surface area contributed by atoms with Crippen LogP contribution in [-0.2, 0) is 6.42 Å². The molecular formula is C22H31FN2O4. The zero-order valence-electron chi connectivity index (χ0n) is 17.2. The molecule has 2 amide bonds. The SMILES string of the molecule is CC(C)(C)O.CO.N[C@@H](Cc1cccc(F)c1)CN1C(=O)c2ccccc2C1=O.[HH]. The monoisotopic (exact) mass is 406 g/mol. The van der Waals surface area contributed by atoms with E-state index in [2.05, 4.69) is 0 Å². The number of carbonyl (C=O) groups excluding carboxylic acids is 2. The van der Waals surface area contributed by atoms with Crippen LogP contribution in [-0.4, -0.2) is 52.2 Å². The summed E-state index contributed by atoms with van der Waals surface area (Å²) in [4.78, 5) is 25.6. The summed E-state index contributed by atoms with van der Waals surface area (Å²) in [6, 6.07) is 12.4. The van der Waals surface area contributed by atoms with Gasteiger partial charge in [-0.05, 0) is 57.0 Å². The Morgan fingerprint density at radius 2 is 1.52 bits per heavy atom. The number of rotatable bonds is 4. The summed E-state index contributed by atoms with van der Waals surface area (Å²) in [7, 11) is 1.00. The van der Waals surface area contributed by atoms with Gasteiger partial charge in [0.1, 0.15) is 5.82 Å². The number of fused-ring (bicyclic) bond motifs is 1. The van der Waals surface area contributed by atoms with Crippen LogP contribution in [0.5, 0.6) is 0 Å². The molecule has 0 radical (unpaired) electrons. The summed E-state index contributed by atoms with van der Waals surface area (Å²) < 4.78 is 13.2. The van der Waals surface area contributed by atoms with Gasteiger partial charge in [-0.1, -0.05) is 24.3 Å². The number of imide groups is 1. The van der Waals surface area contributed by atoms with E-state index >= 15 is 0 Å². The maximum absolute atomic E-state index is 13.2. The minimum Gasteiger partial charge on any atom is -0.400 e. The van der Waals surface area contributed by atoms with Crippen molar-refractivity contribution in [2.45, 2.75) is 38.8 Å². The van der Waals surface area contributed by atoms with Crippen LogP contribution in [0.3, 0.4) is 0 Å². The van der Waals surface area contributed by atoms with E-state index in [9.17, 15) is 14.0 Å². The third-order valence-corrected chi connectivity index (χ3v) is 3.68. The Morgan fingerprint density at radius 1 is 1.03 bits per heavy atom. The molecule has 1 aliphatic heterocycles. The Morgan fingerprint density at radius 3 is 1.97 bits per heavy atom. The Labute approximate surface area is 172 Å². The Hall–Kier alpha value is -2.61. The fraction of sp³-hybridized carbons (Fsp3) is 0.364. The average molecular weight is 406 g/mol. The van der Waals surface area contributed by atoms with Crippen molar-refractivity contribution in [2.24, 2.45) is 5.73 Å². The van der Waals surface area contributed by atoms with E-state index < -0.39 is 11.6 Å². The van der Waals surface area contributed by atoms with Crippen molar-refractivity contribution in [3.05, 3.63) is 71.0 Å². The molecule has 0 unspecified atom stereocenters. The van der Waals surface area contributed by atoms with Crippen LogP contribution in [0.4, 0.5) is 4.39 Å². The number of aliphatic hydroxyl groups is 2. The second-order valence-corrected chi connectivity index (χ2v) is 7.53. The van der Waals surface area contributed by atoms with Gasteiger partial charge in [-0.25, -0.2) is 4.39 Å². The predicted octanol–water partition coefficient (Wildman–Crippen LogP) is 2.62. The van der Waals surface area contributed by atoms with Gasteiger partial charge in [0.05, 0.1) is 16.7 Å². The van der Waals surface area contributed by atoms with Crippen molar-refractivity contribution in [1.82, 2.24) is 4.90 Å². The second kappa shape index (κ2) is 10.8. The van der Waals surface area contributed by atoms with Gasteiger partial charge < -0.3 is 15.9 Å². The first-order valence-electron chi connectivity index (χ1n) is 9.18. The molecule has 7 heteroatoms. The molecule has 0 fully saturated rings. The summed E-state index contributed by atoms with van der Waals surface area (Å²) in [5.74, 6) is -0.976. The summed E-state index contributed by atoms with van der Waals surface area (Å²) in [6.45, 7) is 5.34. The van der Waals surface area contributed by atoms with E-state index in [0.29, 0.717) is 17.5 Å². The number of benzene rings is 2. The van der Waals surface area contributed by atoms with Crippen LogP contribution in [0.15, 0.2) is 48.5 Å². The van der Waals surface area contributed by atoms with Crippen molar-refractivity contribution in [3.8, 4) is 0 Å². The van der Waals surface area contributed by atoms with Gasteiger partial charge in [0.2, 0.25) is 0 Å². The van der Waals surface area contributed by atoms with Gasteiger partial charge in [0, 0.05) is 21.1 Å². The average Bonchev–Trinajstić information content (AvgIpc) is 2.87. The van der Waals surface area contributed by atoms with Crippen LogP contribution in [0.25, 0.3) is 0 Å². The molecule has 0 saturated carbocycles. The van der Waals surface area contributed by atoms with Gasteiger partial charge >= 0.3 is 0 Å². The highest BCUT2D eigenvalue weighted by Crippen LogP contribution is 2.22. The lowest BCUT2D eigenvalue weighted by atomic mass is 10.1. The van der Waals surface area contributed by atoms with Gasteiger partial charge in [-0.15, -0.1) is 0 Å². The number of halogens is 1. The quantitative estimate of drug-likeness (QED) is 0.677. The van der Waals surface area contributed by atoms with Crippen LogP contribution in [0.1, 0.15) is 48.5 Å². The highest BCUT2D eigenvalue weighted by Gasteiger charge is 2.35. The van der Waals surface area contributed by atoms with E-state index in [1.165, 1.54) is 12.1 Å². The van der Waals surface area contributed by atoms with Gasteiger partial charge in [-0.3, -0.25) is 14.5 Å². The maximum atomic E-state index is 13.2.